The van der Waals surface area contributed by atoms with Crippen molar-refractivity contribution in [2.24, 2.45) is 0 Å². The molecule has 0 saturated carbocycles. The lowest BCUT2D eigenvalue weighted by Crippen LogP contribution is -2.08. The second-order valence-electron chi connectivity index (χ2n) is 6.62. The standard InChI is InChI=1S/C21H20N4O5/c1-13(2)14-8-10-15(11-9-14)30-20-18(25(27)28)19(22-12-23-20)24-17-7-5-4-6-16(17)21(26)29-3/h4-13H,1-3H3,(H,22,23,24). The molecular weight excluding hydrogens is 388 g/mol. The summed E-state index contributed by atoms with van der Waals surface area (Å²) in [5.41, 5.74) is 1.17. The van der Waals surface area contributed by atoms with E-state index in [1.54, 1.807) is 30.3 Å². The van der Waals surface area contributed by atoms with Gasteiger partial charge in [0.25, 0.3) is 0 Å². The maximum atomic E-state index is 12.0. The summed E-state index contributed by atoms with van der Waals surface area (Å²) < 4.78 is 10.4. The Morgan fingerprint density at radius 1 is 1.10 bits per heavy atom. The van der Waals surface area contributed by atoms with Crippen molar-refractivity contribution < 1.29 is 19.2 Å². The summed E-state index contributed by atoms with van der Waals surface area (Å²) in [7, 11) is 1.25. The van der Waals surface area contributed by atoms with E-state index in [-0.39, 0.29) is 17.3 Å². The van der Waals surface area contributed by atoms with Crippen molar-refractivity contribution in [3.05, 3.63) is 76.1 Å². The number of anilines is 2. The smallest absolute Gasteiger partial charge is 0.373 e. The molecule has 0 aliphatic heterocycles. The normalized spacial score (nSPS) is 10.5. The number of nitrogens with zero attached hydrogens (tertiary/aromatic N) is 3. The van der Waals surface area contributed by atoms with Crippen LogP contribution in [0.5, 0.6) is 11.6 Å². The first-order valence-corrected chi connectivity index (χ1v) is 9.12. The largest absolute Gasteiger partial charge is 0.465 e. The fourth-order valence-electron chi connectivity index (χ4n) is 2.73. The Morgan fingerprint density at radius 2 is 1.80 bits per heavy atom. The number of carbonyl (C=O) groups excluding carboxylic acids is 1. The van der Waals surface area contributed by atoms with Crippen LogP contribution in [-0.2, 0) is 4.74 Å². The number of methoxy groups -OCH3 is 1. The highest BCUT2D eigenvalue weighted by Gasteiger charge is 2.26. The maximum absolute atomic E-state index is 12.0. The number of esters is 1. The van der Waals surface area contributed by atoms with Crippen LogP contribution in [0.2, 0.25) is 0 Å². The van der Waals surface area contributed by atoms with Crippen LogP contribution in [0, 0.1) is 10.1 Å². The van der Waals surface area contributed by atoms with Crippen molar-refractivity contribution in [2.75, 3.05) is 12.4 Å². The van der Waals surface area contributed by atoms with Gasteiger partial charge in [-0.15, -0.1) is 0 Å². The molecule has 2 aromatic carbocycles. The van der Waals surface area contributed by atoms with E-state index in [9.17, 15) is 14.9 Å². The highest BCUT2D eigenvalue weighted by atomic mass is 16.6. The summed E-state index contributed by atoms with van der Waals surface area (Å²) in [4.78, 5) is 31.0. The van der Waals surface area contributed by atoms with E-state index in [0.717, 1.165) is 11.9 Å². The molecule has 154 valence electrons. The van der Waals surface area contributed by atoms with Crippen LogP contribution >= 0.6 is 0 Å². The Bertz CT molecular complexity index is 1070. The third-order valence-corrected chi connectivity index (χ3v) is 4.32. The first kappa shape index (κ1) is 20.7. The fourth-order valence-corrected chi connectivity index (χ4v) is 2.73. The van der Waals surface area contributed by atoms with Crippen LogP contribution in [0.15, 0.2) is 54.9 Å². The fraction of sp³-hybridized carbons (Fsp3) is 0.190. The maximum Gasteiger partial charge on any atom is 0.373 e. The molecule has 0 aliphatic carbocycles. The second kappa shape index (κ2) is 8.99. The van der Waals surface area contributed by atoms with Crippen molar-refractivity contribution in [1.29, 1.82) is 0 Å². The number of benzene rings is 2. The Morgan fingerprint density at radius 3 is 2.43 bits per heavy atom. The number of rotatable bonds is 7. The molecule has 1 aromatic heterocycles. The predicted molar refractivity (Wildman–Crippen MR) is 110 cm³/mol. The lowest BCUT2D eigenvalue weighted by atomic mass is 10.0. The van der Waals surface area contributed by atoms with Crippen LogP contribution in [0.3, 0.4) is 0 Å². The van der Waals surface area contributed by atoms with Gasteiger partial charge < -0.3 is 14.8 Å². The average Bonchev–Trinajstić information content (AvgIpc) is 2.74. The summed E-state index contributed by atoms with van der Waals surface area (Å²) >= 11 is 0. The van der Waals surface area contributed by atoms with E-state index < -0.39 is 16.6 Å². The quantitative estimate of drug-likeness (QED) is 0.336. The van der Waals surface area contributed by atoms with Crippen LogP contribution in [-0.4, -0.2) is 28.0 Å². The van der Waals surface area contributed by atoms with E-state index in [1.165, 1.54) is 13.2 Å². The first-order chi connectivity index (χ1) is 14.4. The third kappa shape index (κ3) is 4.52. The zero-order valence-electron chi connectivity index (χ0n) is 16.7. The molecule has 0 saturated heterocycles. The Hall–Kier alpha value is -4.01. The van der Waals surface area contributed by atoms with E-state index >= 15 is 0 Å². The monoisotopic (exact) mass is 408 g/mol. The number of para-hydroxylation sites is 1. The summed E-state index contributed by atoms with van der Waals surface area (Å²) in [6, 6.07) is 13.7. The van der Waals surface area contributed by atoms with Crippen LogP contribution in [0.4, 0.5) is 17.2 Å². The molecule has 3 aromatic rings. The molecule has 0 amide bonds. The molecule has 9 nitrogen and oxygen atoms in total. The number of hydrogen-bond donors (Lipinski definition) is 1. The zero-order valence-corrected chi connectivity index (χ0v) is 16.7. The molecular formula is C21H20N4O5. The van der Waals surface area contributed by atoms with Crippen LogP contribution in [0.25, 0.3) is 0 Å². The molecule has 0 atom stereocenters. The molecule has 0 aliphatic rings. The van der Waals surface area contributed by atoms with Crippen molar-refractivity contribution >= 4 is 23.2 Å². The van der Waals surface area contributed by atoms with Gasteiger partial charge in [-0.25, -0.2) is 9.78 Å². The van der Waals surface area contributed by atoms with Gasteiger partial charge in [-0.1, -0.05) is 38.1 Å². The van der Waals surface area contributed by atoms with Gasteiger partial charge in [0.15, 0.2) is 0 Å². The molecule has 9 heteroatoms. The number of aromatic nitrogens is 2. The predicted octanol–water partition coefficient (Wildman–Crippen LogP) is 4.83. The minimum atomic E-state index is -0.638. The van der Waals surface area contributed by atoms with Crippen molar-refractivity contribution in [2.45, 2.75) is 19.8 Å². The van der Waals surface area contributed by atoms with E-state index in [1.807, 2.05) is 12.1 Å². The van der Waals surface area contributed by atoms with Crippen molar-refractivity contribution in [1.82, 2.24) is 9.97 Å². The number of nitrogens with one attached hydrogen (secondary N) is 1. The molecule has 0 fully saturated rings. The van der Waals surface area contributed by atoms with Gasteiger partial charge in [-0.2, -0.15) is 4.98 Å². The third-order valence-electron chi connectivity index (χ3n) is 4.32. The summed E-state index contributed by atoms with van der Waals surface area (Å²) in [6.45, 7) is 4.13. The lowest BCUT2D eigenvalue weighted by Gasteiger charge is -2.12. The molecule has 30 heavy (non-hydrogen) atoms. The molecule has 0 spiro atoms. The Balaban J connectivity index is 1.96. The second-order valence-corrected chi connectivity index (χ2v) is 6.62. The van der Waals surface area contributed by atoms with E-state index in [0.29, 0.717) is 17.4 Å². The topological polar surface area (TPSA) is 116 Å². The summed E-state index contributed by atoms with van der Waals surface area (Å²) in [5.74, 6) is -0.165. The van der Waals surface area contributed by atoms with Gasteiger partial charge in [0.05, 0.1) is 23.3 Å². The van der Waals surface area contributed by atoms with Crippen molar-refractivity contribution in [3.8, 4) is 11.6 Å². The lowest BCUT2D eigenvalue weighted by molar-refractivity contribution is -0.385. The van der Waals surface area contributed by atoms with Gasteiger partial charge in [0.1, 0.15) is 12.1 Å². The van der Waals surface area contributed by atoms with Crippen molar-refractivity contribution in [3.63, 3.8) is 0 Å². The van der Waals surface area contributed by atoms with Gasteiger partial charge in [0.2, 0.25) is 5.82 Å². The van der Waals surface area contributed by atoms with Gasteiger partial charge >= 0.3 is 17.5 Å². The number of nitro groups is 1. The molecule has 0 bridgehead atoms. The molecule has 1 heterocycles. The highest BCUT2D eigenvalue weighted by molar-refractivity contribution is 5.96. The summed E-state index contributed by atoms with van der Waals surface area (Å²) in [6.07, 6.45) is 1.15. The number of carbonyl (C=O) groups is 1. The van der Waals surface area contributed by atoms with Crippen LogP contribution in [0.1, 0.15) is 35.7 Å². The molecule has 0 unspecified atom stereocenters. The molecule has 3 rings (SSSR count). The Labute approximate surface area is 172 Å². The van der Waals surface area contributed by atoms with E-state index in [2.05, 4.69) is 29.1 Å². The Kier molecular flexibility index (Phi) is 6.21. The van der Waals surface area contributed by atoms with Gasteiger partial charge in [-0.05, 0) is 35.7 Å². The SMILES string of the molecule is COC(=O)c1ccccc1Nc1ncnc(Oc2ccc(C(C)C)cc2)c1[N+](=O)[O-]. The minimum Gasteiger partial charge on any atom is -0.465 e. The average molecular weight is 408 g/mol. The molecule has 0 radical (unpaired) electrons. The van der Waals surface area contributed by atoms with Crippen LogP contribution < -0.4 is 10.1 Å². The van der Waals surface area contributed by atoms with Gasteiger partial charge in [0, 0.05) is 0 Å². The number of ether oxygens (including phenoxy) is 2. The zero-order chi connectivity index (χ0) is 21.7. The molecule has 1 N–H and O–H groups in total. The minimum absolute atomic E-state index is 0.111. The highest BCUT2D eigenvalue weighted by Crippen LogP contribution is 2.36. The first-order valence-electron chi connectivity index (χ1n) is 9.12. The number of hydrogen-bond acceptors (Lipinski definition) is 8. The van der Waals surface area contributed by atoms with E-state index in [4.69, 9.17) is 9.47 Å². The van der Waals surface area contributed by atoms with Gasteiger partial charge in [-0.3, -0.25) is 10.1 Å². The summed E-state index contributed by atoms with van der Waals surface area (Å²) in [5, 5.41) is 14.6.